The molecule has 24 heavy (non-hydrogen) atoms. The Morgan fingerprint density at radius 2 is 2.25 bits per heavy atom. The smallest absolute Gasteiger partial charge is 0.191 e. The summed E-state index contributed by atoms with van der Waals surface area (Å²) in [5.74, 6) is 1.82. The van der Waals surface area contributed by atoms with Gasteiger partial charge in [0.25, 0.3) is 0 Å². The lowest BCUT2D eigenvalue weighted by molar-refractivity contribution is 0.235. The van der Waals surface area contributed by atoms with E-state index in [1.165, 1.54) is 11.1 Å². The minimum atomic E-state index is 0.163. The van der Waals surface area contributed by atoms with E-state index in [1.54, 1.807) is 7.05 Å². The van der Waals surface area contributed by atoms with Crippen LogP contribution < -0.4 is 15.4 Å². The third kappa shape index (κ3) is 4.28. The second-order valence-electron chi connectivity index (χ2n) is 6.06. The molecule has 1 aliphatic heterocycles. The number of fused-ring (bicyclic) bond motifs is 1. The van der Waals surface area contributed by atoms with Crippen LogP contribution in [-0.4, -0.2) is 42.0 Å². The largest absolute Gasteiger partial charge is 0.488 e. The molecular weight excluding hydrogens is 302 g/mol. The number of para-hydroxylation sites is 1. The predicted octanol–water partition coefficient (Wildman–Crippen LogP) is 1.52. The van der Waals surface area contributed by atoms with Gasteiger partial charge in [-0.15, -0.1) is 0 Å². The highest BCUT2D eigenvalue weighted by Gasteiger charge is 2.22. The van der Waals surface area contributed by atoms with E-state index in [1.807, 2.05) is 30.1 Å². The van der Waals surface area contributed by atoms with Crippen molar-refractivity contribution in [3.8, 4) is 5.75 Å². The van der Waals surface area contributed by atoms with Gasteiger partial charge < -0.3 is 15.4 Å². The summed E-state index contributed by atoms with van der Waals surface area (Å²) < 4.78 is 7.77. The highest BCUT2D eigenvalue weighted by atomic mass is 16.5. The summed E-state index contributed by atoms with van der Waals surface area (Å²) in [5.41, 5.74) is 2.54. The molecule has 1 unspecified atom stereocenters. The molecule has 0 bridgehead atoms. The molecule has 2 N–H and O–H groups in total. The Morgan fingerprint density at radius 3 is 3.00 bits per heavy atom. The Kier molecular flexibility index (Phi) is 5.36. The second-order valence-corrected chi connectivity index (χ2v) is 6.06. The van der Waals surface area contributed by atoms with Crippen LogP contribution in [0.2, 0.25) is 0 Å². The molecule has 1 aromatic heterocycles. The number of hydrogen-bond donors (Lipinski definition) is 2. The summed E-state index contributed by atoms with van der Waals surface area (Å²) in [6, 6.07) is 8.22. The number of aliphatic imine (C=N–C) groups is 1. The average Bonchev–Trinajstić information content (AvgIpc) is 3.19. The Balaban J connectivity index is 1.35. The van der Waals surface area contributed by atoms with Gasteiger partial charge in [-0.2, -0.15) is 5.10 Å². The fourth-order valence-corrected chi connectivity index (χ4v) is 2.90. The van der Waals surface area contributed by atoms with E-state index in [2.05, 4.69) is 39.1 Å². The number of aromatic nitrogens is 2. The SMILES string of the molecule is CN=C(NCCCc1cnn(C)c1)NCC1Cc2ccccc2O1. The number of aryl methyl sites for hydroxylation is 2. The molecule has 2 heterocycles. The highest BCUT2D eigenvalue weighted by molar-refractivity contribution is 5.79. The summed E-state index contributed by atoms with van der Waals surface area (Å²) in [7, 11) is 3.73. The zero-order valence-electron chi connectivity index (χ0n) is 14.3. The Morgan fingerprint density at radius 1 is 1.38 bits per heavy atom. The van der Waals surface area contributed by atoms with Gasteiger partial charge in [0.15, 0.2) is 5.96 Å². The molecule has 6 heteroatoms. The van der Waals surface area contributed by atoms with E-state index in [0.717, 1.165) is 44.1 Å². The van der Waals surface area contributed by atoms with Crippen molar-refractivity contribution in [1.82, 2.24) is 20.4 Å². The summed E-state index contributed by atoms with van der Waals surface area (Å²) in [6.45, 7) is 1.62. The molecule has 0 aliphatic carbocycles. The number of rotatable bonds is 6. The maximum Gasteiger partial charge on any atom is 0.191 e. The lowest BCUT2D eigenvalue weighted by Crippen LogP contribution is -2.42. The lowest BCUT2D eigenvalue weighted by atomic mass is 10.1. The van der Waals surface area contributed by atoms with Crippen molar-refractivity contribution in [3.63, 3.8) is 0 Å². The van der Waals surface area contributed by atoms with Gasteiger partial charge in [-0.3, -0.25) is 9.67 Å². The molecule has 0 radical (unpaired) electrons. The van der Waals surface area contributed by atoms with Crippen molar-refractivity contribution in [2.75, 3.05) is 20.1 Å². The van der Waals surface area contributed by atoms with Crippen LogP contribution in [0, 0.1) is 0 Å². The van der Waals surface area contributed by atoms with Gasteiger partial charge in [-0.25, -0.2) is 0 Å². The first-order valence-electron chi connectivity index (χ1n) is 8.41. The molecule has 128 valence electrons. The van der Waals surface area contributed by atoms with Gasteiger partial charge in [0.1, 0.15) is 11.9 Å². The van der Waals surface area contributed by atoms with E-state index in [-0.39, 0.29) is 6.10 Å². The van der Waals surface area contributed by atoms with E-state index in [0.29, 0.717) is 0 Å². The van der Waals surface area contributed by atoms with Crippen LogP contribution in [-0.2, 0) is 19.9 Å². The third-order valence-electron chi connectivity index (χ3n) is 4.13. The Bertz CT molecular complexity index is 669. The van der Waals surface area contributed by atoms with E-state index in [9.17, 15) is 0 Å². The fraction of sp³-hybridized carbons (Fsp3) is 0.444. The summed E-state index contributed by atoms with van der Waals surface area (Å²) >= 11 is 0. The topological polar surface area (TPSA) is 63.5 Å². The van der Waals surface area contributed by atoms with Crippen molar-refractivity contribution < 1.29 is 4.74 Å². The number of guanidine groups is 1. The van der Waals surface area contributed by atoms with Crippen LogP contribution in [0.15, 0.2) is 41.7 Å². The number of nitrogens with zero attached hydrogens (tertiary/aromatic N) is 3. The lowest BCUT2D eigenvalue weighted by Gasteiger charge is -2.15. The monoisotopic (exact) mass is 327 g/mol. The normalized spacial score (nSPS) is 16.6. The number of hydrogen-bond acceptors (Lipinski definition) is 3. The first-order valence-corrected chi connectivity index (χ1v) is 8.41. The predicted molar refractivity (Wildman–Crippen MR) is 95.5 cm³/mol. The molecular formula is C18H25N5O. The van der Waals surface area contributed by atoms with Crippen molar-refractivity contribution in [1.29, 1.82) is 0 Å². The maximum atomic E-state index is 5.93. The van der Waals surface area contributed by atoms with Crippen molar-refractivity contribution in [2.24, 2.45) is 12.0 Å². The summed E-state index contributed by atoms with van der Waals surface area (Å²) in [5, 5.41) is 10.9. The van der Waals surface area contributed by atoms with Crippen molar-refractivity contribution in [2.45, 2.75) is 25.4 Å². The third-order valence-corrected chi connectivity index (χ3v) is 4.13. The van der Waals surface area contributed by atoms with Crippen molar-refractivity contribution in [3.05, 3.63) is 47.8 Å². The quantitative estimate of drug-likeness (QED) is 0.480. The number of ether oxygens (including phenoxy) is 1. The van der Waals surface area contributed by atoms with Gasteiger partial charge >= 0.3 is 0 Å². The van der Waals surface area contributed by atoms with Crippen LogP contribution >= 0.6 is 0 Å². The summed E-state index contributed by atoms with van der Waals surface area (Å²) in [4.78, 5) is 4.27. The minimum Gasteiger partial charge on any atom is -0.488 e. The zero-order chi connectivity index (χ0) is 16.8. The molecule has 1 atom stereocenters. The highest BCUT2D eigenvalue weighted by Crippen LogP contribution is 2.27. The van der Waals surface area contributed by atoms with Gasteiger partial charge in [0.2, 0.25) is 0 Å². The van der Waals surface area contributed by atoms with E-state index in [4.69, 9.17) is 4.74 Å². The maximum absolute atomic E-state index is 5.93. The van der Waals surface area contributed by atoms with E-state index < -0.39 is 0 Å². The first-order chi connectivity index (χ1) is 11.7. The van der Waals surface area contributed by atoms with Gasteiger partial charge in [-0.1, -0.05) is 18.2 Å². The number of benzene rings is 1. The zero-order valence-corrected chi connectivity index (χ0v) is 14.3. The van der Waals surface area contributed by atoms with Crippen LogP contribution in [0.25, 0.3) is 0 Å². The van der Waals surface area contributed by atoms with Crippen LogP contribution in [0.4, 0.5) is 0 Å². The molecule has 0 saturated heterocycles. The van der Waals surface area contributed by atoms with Crippen LogP contribution in [0.1, 0.15) is 17.5 Å². The van der Waals surface area contributed by atoms with Crippen molar-refractivity contribution >= 4 is 5.96 Å². The van der Waals surface area contributed by atoms with Gasteiger partial charge in [0, 0.05) is 33.3 Å². The average molecular weight is 327 g/mol. The fourth-order valence-electron chi connectivity index (χ4n) is 2.90. The Hall–Kier alpha value is -2.50. The van der Waals surface area contributed by atoms with E-state index >= 15 is 0 Å². The molecule has 0 spiro atoms. The molecule has 2 aromatic rings. The molecule has 0 saturated carbocycles. The van der Waals surface area contributed by atoms with Gasteiger partial charge in [-0.05, 0) is 30.0 Å². The summed E-state index contributed by atoms with van der Waals surface area (Å²) in [6.07, 6.45) is 7.14. The van der Waals surface area contributed by atoms with Gasteiger partial charge in [0.05, 0.1) is 12.7 Å². The van der Waals surface area contributed by atoms with Crippen LogP contribution in [0.5, 0.6) is 5.75 Å². The molecule has 0 amide bonds. The first kappa shape index (κ1) is 16.4. The second kappa shape index (κ2) is 7.86. The molecule has 6 nitrogen and oxygen atoms in total. The standard InChI is InChI=1S/C18H25N5O/c1-19-18(20-9-5-6-14-11-22-23(2)13-14)21-12-16-10-15-7-3-4-8-17(15)24-16/h3-4,7-8,11,13,16H,5-6,9-10,12H2,1-2H3,(H2,19,20,21). The molecule has 0 fully saturated rings. The minimum absolute atomic E-state index is 0.163. The Labute approximate surface area is 142 Å². The molecule has 1 aliphatic rings. The molecule has 3 rings (SSSR count). The molecule has 1 aromatic carbocycles. The van der Waals surface area contributed by atoms with Crippen LogP contribution in [0.3, 0.4) is 0 Å². The number of nitrogens with one attached hydrogen (secondary N) is 2.